The summed E-state index contributed by atoms with van der Waals surface area (Å²) < 4.78 is 6.71. The summed E-state index contributed by atoms with van der Waals surface area (Å²) >= 11 is 0. The lowest BCUT2D eigenvalue weighted by molar-refractivity contribution is 0.667. The molecule has 2 heterocycles. The molecule has 0 atom stereocenters. The summed E-state index contributed by atoms with van der Waals surface area (Å²) in [5, 5.41) is 6.94. The number of fused-ring (bicyclic) bond motifs is 5. The molecule has 4 heteroatoms. The highest BCUT2D eigenvalue weighted by molar-refractivity contribution is 6.14. The number of hydrogen-bond acceptors (Lipinski definition) is 4. The lowest BCUT2D eigenvalue weighted by Gasteiger charge is -2.18. The Hall–Kier alpha value is -6.65. The van der Waals surface area contributed by atoms with Crippen molar-refractivity contribution in [2.45, 2.75) is 12.8 Å². The zero-order valence-electron chi connectivity index (χ0n) is 27.8. The van der Waals surface area contributed by atoms with Crippen molar-refractivity contribution >= 4 is 54.6 Å². The monoisotopic (exact) mass is 653 g/mol. The summed E-state index contributed by atoms with van der Waals surface area (Å²) in [7, 11) is 0. The second kappa shape index (κ2) is 12.0. The van der Waals surface area contributed by atoms with Crippen LogP contribution in [0.2, 0.25) is 0 Å². The fraction of sp³-hybridized carbons (Fsp3) is 0.0426. The Labute approximate surface area is 295 Å². The van der Waals surface area contributed by atoms with Gasteiger partial charge in [0.25, 0.3) is 0 Å². The lowest BCUT2D eigenvalue weighted by Crippen LogP contribution is -2.01. The molecule has 4 nitrogen and oxygen atoms in total. The highest BCUT2D eigenvalue weighted by atomic mass is 16.3. The fourth-order valence-electron chi connectivity index (χ4n) is 7.53. The number of benzene rings is 7. The van der Waals surface area contributed by atoms with Crippen molar-refractivity contribution < 1.29 is 4.42 Å². The maximum Gasteiger partial charge on any atom is 0.164 e. The topological polar surface area (TPSA) is 51.8 Å². The molecule has 0 radical (unpaired) electrons. The minimum absolute atomic E-state index is 0.617. The summed E-state index contributed by atoms with van der Waals surface area (Å²) in [4.78, 5) is 15.3. The molecule has 240 valence electrons. The number of rotatable bonds is 5. The van der Waals surface area contributed by atoms with E-state index in [1.165, 1.54) is 32.9 Å². The minimum Gasteiger partial charge on any atom is -0.455 e. The molecule has 10 rings (SSSR count). The van der Waals surface area contributed by atoms with Crippen molar-refractivity contribution in [1.82, 2.24) is 15.0 Å². The standard InChI is InChI=1S/C47H31N3O/c1-2-13-34(14-3-1)45-48-46(36-26-21-30-11-4-5-15-35(30)29-36)50-47(49-45)41-28-27-39(44-43(41)40-18-8-9-20-42(40)51-44)33-24-22-32(23-25-33)38-19-10-16-31-12-6-7-17-37(31)38/h1-22,24,26-29H,23,25H2. The van der Waals surface area contributed by atoms with E-state index >= 15 is 0 Å². The van der Waals surface area contributed by atoms with Crippen LogP contribution in [0, 0.1) is 0 Å². The number of nitrogens with zero attached hydrogens (tertiary/aromatic N) is 3. The Morgan fingerprint density at radius 1 is 0.412 bits per heavy atom. The second-order valence-corrected chi connectivity index (χ2v) is 13.1. The molecule has 9 aromatic rings. The first-order chi connectivity index (χ1) is 25.3. The van der Waals surface area contributed by atoms with Crippen molar-refractivity contribution in [2.24, 2.45) is 0 Å². The molecule has 0 aliphatic heterocycles. The van der Waals surface area contributed by atoms with Crippen molar-refractivity contribution in [3.63, 3.8) is 0 Å². The number of hydrogen-bond donors (Lipinski definition) is 0. The fourth-order valence-corrected chi connectivity index (χ4v) is 7.53. The van der Waals surface area contributed by atoms with Gasteiger partial charge in [-0.1, -0.05) is 146 Å². The molecule has 0 N–H and O–H groups in total. The van der Waals surface area contributed by atoms with Gasteiger partial charge in [-0.05, 0) is 69.3 Å². The van der Waals surface area contributed by atoms with Gasteiger partial charge in [-0.2, -0.15) is 0 Å². The largest absolute Gasteiger partial charge is 0.455 e. The molecule has 0 unspecified atom stereocenters. The number of allylic oxidation sites excluding steroid dienone is 4. The molecular formula is C47H31N3O. The van der Waals surface area contributed by atoms with Gasteiger partial charge < -0.3 is 4.42 Å². The normalized spacial score (nSPS) is 13.2. The van der Waals surface area contributed by atoms with Crippen molar-refractivity contribution in [3.8, 4) is 34.2 Å². The van der Waals surface area contributed by atoms with E-state index in [9.17, 15) is 0 Å². The predicted octanol–water partition coefficient (Wildman–Crippen LogP) is 12.3. The Bertz CT molecular complexity index is 2860. The first-order valence-electron chi connectivity index (χ1n) is 17.4. The minimum atomic E-state index is 0.617. The molecule has 0 fully saturated rings. The number of aromatic nitrogens is 3. The van der Waals surface area contributed by atoms with E-state index in [0.717, 1.165) is 62.4 Å². The highest BCUT2D eigenvalue weighted by Gasteiger charge is 2.22. The Morgan fingerprint density at radius 3 is 1.86 bits per heavy atom. The first-order valence-corrected chi connectivity index (χ1v) is 17.4. The average molecular weight is 654 g/mol. The number of furan rings is 1. The molecule has 0 amide bonds. The molecule has 0 saturated carbocycles. The van der Waals surface area contributed by atoms with Crippen LogP contribution in [0.4, 0.5) is 0 Å². The van der Waals surface area contributed by atoms with Gasteiger partial charge in [-0.25, -0.2) is 15.0 Å². The Kier molecular flexibility index (Phi) is 6.91. The van der Waals surface area contributed by atoms with Crippen molar-refractivity contribution in [3.05, 3.63) is 175 Å². The van der Waals surface area contributed by atoms with E-state index in [1.807, 2.05) is 42.5 Å². The quantitative estimate of drug-likeness (QED) is 0.185. The Balaban J connectivity index is 1.15. The summed E-state index contributed by atoms with van der Waals surface area (Å²) in [6, 6.07) is 52.7. The predicted molar refractivity (Wildman–Crippen MR) is 210 cm³/mol. The van der Waals surface area contributed by atoms with Crippen LogP contribution in [0.3, 0.4) is 0 Å². The molecule has 0 bridgehead atoms. The van der Waals surface area contributed by atoms with Crippen molar-refractivity contribution in [1.29, 1.82) is 0 Å². The summed E-state index contributed by atoms with van der Waals surface area (Å²) in [5.74, 6) is 1.89. The third-order valence-corrected chi connectivity index (χ3v) is 10.1. The Morgan fingerprint density at radius 2 is 1.04 bits per heavy atom. The maximum atomic E-state index is 6.71. The van der Waals surface area contributed by atoms with Gasteiger partial charge >= 0.3 is 0 Å². The van der Waals surface area contributed by atoms with Crippen LogP contribution in [-0.4, -0.2) is 15.0 Å². The van der Waals surface area contributed by atoms with Gasteiger partial charge in [0.2, 0.25) is 0 Å². The summed E-state index contributed by atoms with van der Waals surface area (Å²) in [6.45, 7) is 0. The van der Waals surface area contributed by atoms with Gasteiger partial charge in [0.05, 0.1) is 0 Å². The van der Waals surface area contributed by atoms with E-state index in [4.69, 9.17) is 19.4 Å². The molecule has 0 spiro atoms. The van der Waals surface area contributed by atoms with E-state index in [1.54, 1.807) is 0 Å². The highest BCUT2D eigenvalue weighted by Crippen LogP contribution is 2.43. The third-order valence-electron chi connectivity index (χ3n) is 10.1. The van der Waals surface area contributed by atoms with E-state index < -0.39 is 0 Å². The summed E-state index contributed by atoms with van der Waals surface area (Å²) in [6.07, 6.45) is 6.43. The van der Waals surface area contributed by atoms with Crippen LogP contribution in [0.5, 0.6) is 0 Å². The van der Waals surface area contributed by atoms with E-state index in [2.05, 4.69) is 121 Å². The zero-order chi connectivity index (χ0) is 33.7. The van der Waals surface area contributed by atoms with Crippen molar-refractivity contribution in [2.75, 3.05) is 0 Å². The number of para-hydroxylation sites is 1. The van der Waals surface area contributed by atoms with E-state index in [0.29, 0.717) is 17.5 Å². The van der Waals surface area contributed by atoms with Crippen LogP contribution in [0.15, 0.2) is 168 Å². The molecule has 1 aliphatic carbocycles. The van der Waals surface area contributed by atoms with E-state index in [-0.39, 0.29) is 0 Å². The van der Waals surface area contributed by atoms with Crippen LogP contribution in [-0.2, 0) is 0 Å². The molecule has 51 heavy (non-hydrogen) atoms. The average Bonchev–Trinajstić information content (AvgIpc) is 3.60. The van der Waals surface area contributed by atoms with Crippen LogP contribution >= 0.6 is 0 Å². The van der Waals surface area contributed by atoms with Crippen LogP contribution in [0.25, 0.3) is 88.8 Å². The lowest BCUT2D eigenvalue weighted by atomic mass is 9.87. The smallest absolute Gasteiger partial charge is 0.164 e. The van der Waals surface area contributed by atoms with Gasteiger partial charge in [-0.3, -0.25) is 0 Å². The van der Waals surface area contributed by atoms with Crippen LogP contribution in [0.1, 0.15) is 24.0 Å². The second-order valence-electron chi connectivity index (χ2n) is 13.1. The SMILES string of the molecule is C1=C(c2cccc3ccccc23)CCC(c2ccc(-c3nc(-c4ccccc4)nc(-c4ccc5ccccc5c4)n3)c3c2oc2ccccc23)=C1. The third kappa shape index (κ3) is 5.12. The molecular weight excluding hydrogens is 623 g/mol. The van der Waals surface area contributed by atoms with Gasteiger partial charge in [0.15, 0.2) is 17.5 Å². The summed E-state index contributed by atoms with van der Waals surface area (Å²) in [5.41, 5.74) is 9.52. The molecule has 0 saturated heterocycles. The van der Waals surface area contributed by atoms with Crippen LogP contribution < -0.4 is 0 Å². The molecule has 7 aromatic carbocycles. The van der Waals surface area contributed by atoms with Gasteiger partial charge in [-0.15, -0.1) is 0 Å². The zero-order valence-corrected chi connectivity index (χ0v) is 27.8. The maximum absolute atomic E-state index is 6.71. The molecule has 2 aromatic heterocycles. The van der Waals surface area contributed by atoms with Gasteiger partial charge in [0.1, 0.15) is 11.2 Å². The van der Waals surface area contributed by atoms with Gasteiger partial charge in [0, 0.05) is 33.0 Å². The first kappa shape index (κ1) is 29.3. The molecule has 1 aliphatic rings.